The van der Waals surface area contributed by atoms with E-state index in [1.54, 1.807) is 17.8 Å². The van der Waals surface area contributed by atoms with Gasteiger partial charge in [0, 0.05) is 30.3 Å². The molecule has 0 atom stereocenters. The Labute approximate surface area is 124 Å². The average molecular weight is 299 g/mol. The molecule has 1 aliphatic heterocycles. The third kappa shape index (κ3) is 5.05. The number of thioether (sulfide) groups is 1. The number of hydrogen-bond acceptors (Lipinski definition) is 4. The van der Waals surface area contributed by atoms with Gasteiger partial charge in [-0.3, -0.25) is 0 Å². The van der Waals surface area contributed by atoms with E-state index in [-0.39, 0.29) is 18.5 Å². The lowest BCUT2D eigenvalue weighted by Crippen LogP contribution is -2.38. The van der Waals surface area contributed by atoms with Gasteiger partial charge in [0.1, 0.15) is 5.82 Å². The minimum Gasteiger partial charge on any atom is -0.394 e. The van der Waals surface area contributed by atoms with Gasteiger partial charge in [-0.25, -0.2) is 4.39 Å². The molecule has 1 heterocycles. The summed E-state index contributed by atoms with van der Waals surface area (Å²) >= 11 is 1.57. The molecule has 0 bridgehead atoms. The van der Waals surface area contributed by atoms with Crippen LogP contribution in [0.5, 0.6) is 0 Å². The molecule has 1 aromatic carbocycles. The van der Waals surface area contributed by atoms with Crippen molar-refractivity contribution < 1.29 is 14.2 Å². The second-order valence-corrected chi connectivity index (χ2v) is 6.05. The largest absolute Gasteiger partial charge is 0.394 e. The molecule has 1 aliphatic rings. The number of piperidine rings is 1. The van der Waals surface area contributed by atoms with Crippen LogP contribution in [0, 0.1) is 5.82 Å². The summed E-state index contributed by atoms with van der Waals surface area (Å²) in [6.07, 6.45) is 2.33. The number of rotatable bonds is 7. The summed E-state index contributed by atoms with van der Waals surface area (Å²) in [6.45, 7) is 3.56. The van der Waals surface area contributed by atoms with Crippen molar-refractivity contribution in [3.05, 3.63) is 30.1 Å². The number of aliphatic hydroxyl groups excluding tert-OH is 1. The molecule has 0 amide bonds. The summed E-state index contributed by atoms with van der Waals surface area (Å²) < 4.78 is 19.0. The molecular formula is C15H22FNO2S. The fourth-order valence-corrected chi connectivity index (χ4v) is 3.32. The van der Waals surface area contributed by atoms with Crippen molar-refractivity contribution >= 4 is 11.8 Å². The van der Waals surface area contributed by atoms with Gasteiger partial charge in [-0.05, 0) is 25.0 Å². The molecule has 0 aliphatic carbocycles. The number of likely N-dealkylation sites (tertiary alicyclic amines) is 1. The van der Waals surface area contributed by atoms with Crippen LogP contribution in [0.4, 0.5) is 4.39 Å². The molecule has 3 nitrogen and oxygen atoms in total. The maximum absolute atomic E-state index is 13.5. The van der Waals surface area contributed by atoms with Gasteiger partial charge < -0.3 is 14.7 Å². The summed E-state index contributed by atoms with van der Waals surface area (Å²) in [6, 6.07) is 6.92. The Hall–Kier alpha value is -0.620. The predicted molar refractivity (Wildman–Crippen MR) is 79.6 cm³/mol. The zero-order valence-electron chi connectivity index (χ0n) is 11.6. The van der Waals surface area contributed by atoms with Crippen LogP contribution in [0.2, 0.25) is 0 Å². The first kappa shape index (κ1) is 15.8. The van der Waals surface area contributed by atoms with Crippen LogP contribution in [0.15, 0.2) is 29.2 Å². The van der Waals surface area contributed by atoms with Crippen LogP contribution in [0.1, 0.15) is 12.8 Å². The molecule has 112 valence electrons. The van der Waals surface area contributed by atoms with E-state index in [2.05, 4.69) is 4.90 Å². The van der Waals surface area contributed by atoms with E-state index >= 15 is 0 Å². The lowest BCUT2D eigenvalue weighted by atomic mass is 10.1. The molecule has 2 rings (SSSR count). The predicted octanol–water partition coefficient (Wildman–Crippen LogP) is 2.39. The minimum atomic E-state index is -0.131. The molecule has 0 aromatic heterocycles. The average Bonchev–Trinajstić information content (AvgIpc) is 2.48. The smallest absolute Gasteiger partial charge is 0.136 e. The summed E-state index contributed by atoms with van der Waals surface area (Å²) in [4.78, 5) is 3.13. The summed E-state index contributed by atoms with van der Waals surface area (Å²) in [5, 5.41) is 8.73. The highest BCUT2D eigenvalue weighted by Gasteiger charge is 2.19. The summed E-state index contributed by atoms with van der Waals surface area (Å²) in [5.41, 5.74) is 0. The normalized spacial score (nSPS) is 17.5. The van der Waals surface area contributed by atoms with Crippen molar-refractivity contribution in [1.82, 2.24) is 4.90 Å². The van der Waals surface area contributed by atoms with Gasteiger partial charge in [-0.1, -0.05) is 12.1 Å². The second kappa shape index (κ2) is 8.62. The van der Waals surface area contributed by atoms with E-state index in [1.807, 2.05) is 12.1 Å². The molecule has 20 heavy (non-hydrogen) atoms. The number of aliphatic hydroxyl groups is 1. The van der Waals surface area contributed by atoms with Gasteiger partial charge >= 0.3 is 0 Å². The number of ether oxygens (including phenoxy) is 1. The molecule has 5 heteroatoms. The van der Waals surface area contributed by atoms with Gasteiger partial charge in [0.25, 0.3) is 0 Å². The topological polar surface area (TPSA) is 32.7 Å². The first-order chi connectivity index (χ1) is 9.79. The Kier molecular flexibility index (Phi) is 6.79. The Morgan fingerprint density at radius 2 is 2.05 bits per heavy atom. The van der Waals surface area contributed by atoms with E-state index < -0.39 is 0 Å². The highest BCUT2D eigenvalue weighted by atomic mass is 32.2. The van der Waals surface area contributed by atoms with E-state index in [1.165, 1.54) is 6.07 Å². The number of benzene rings is 1. The lowest BCUT2D eigenvalue weighted by molar-refractivity contribution is -0.00668. The van der Waals surface area contributed by atoms with Crippen molar-refractivity contribution in [2.45, 2.75) is 23.8 Å². The van der Waals surface area contributed by atoms with Crippen LogP contribution >= 0.6 is 11.8 Å². The van der Waals surface area contributed by atoms with E-state index in [9.17, 15) is 4.39 Å². The molecule has 1 N–H and O–H groups in total. The standard InChI is InChI=1S/C15H22FNO2S/c16-14-3-1-2-4-15(14)20-12-9-17-7-5-13(6-8-17)19-11-10-18/h1-4,13,18H,5-12H2. The van der Waals surface area contributed by atoms with Crippen LogP contribution in [-0.4, -0.2) is 54.7 Å². The number of nitrogens with zero attached hydrogens (tertiary/aromatic N) is 1. The highest BCUT2D eigenvalue weighted by Crippen LogP contribution is 2.22. The van der Waals surface area contributed by atoms with Gasteiger partial charge in [0.2, 0.25) is 0 Å². The Morgan fingerprint density at radius 3 is 2.75 bits per heavy atom. The Bertz CT molecular complexity index is 397. The minimum absolute atomic E-state index is 0.0967. The zero-order chi connectivity index (χ0) is 14.2. The van der Waals surface area contributed by atoms with Crippen LogP contribution in [0.3, 0.4) is 0 Å². The lowest BCUT2D eigenvalue weighted by Gasteiger charge is -2.31. The first-order valence-electron chi connectivity index (χ1n) is 7.11. The first-order valence-corrected chi connectivity index (χ1v) is 8.10. The van der Waals surface area contributed by atoms with Gasteiger partial charge in [-0.15, -0.1) is 11.8 Å². The van der Waals surface area contributed by atoms with E-state index in [4.69, 9.17) is 9.84 Å². The van der Waals surface area contributed by atoms with Crippen LogP contribution in [0.25, 0.3) is 0 Å². The molecular weight excluding hydrogens is 277 g/mol. The summed E-state index contributed by atoms with van der Waals surface area (Å²) in [5.74, 6) is 0.775. The van der Waals surface area contributed by atoms with E-state index in [0.717, 1.165) is 43.1 Å². The van der Waals surface area contributed by atoms with E-state index in [0.29, 0.717) is 6.61 Å². The molecule has 0 unspecified atom stereocenters. The fourth-order valence-electron chi connectivity index (χ4n) is 2.37. The second-order valence-electron chi connectivity index (χ2n) is 4.91. The maximum Gasteiger partial charge on any atom is 0.136 e. The van der Waals surface area contributed by atoms with Crippen LogP contribution < -0.4 is 0 Å². The SMILES string of the molecule is OCCOC1CCN(CCSc2ccccc2F)CC1. The number of halogens is 1. The summed E-state index contributed by atoms with van der Waals surface area (Å²) in [7, 11) is 0. The monoisotopic (exact) mass is 299 g/mol. The van der Waals surface area contributed by atoms with Crippen molar-refractivity contribution in [1.29, 1.82) is 0 Å². The van der Waals surface area contributed by atoms with Gasteiger partial charge in [0.15, 0.2) is 0 Å². The maximum atomic E-state index is 13.5. The fraction of sp³-hybridized carbons (Fsp3) is 0.600. The molecule has 0 saturated carbocycles. The van der Waals surface area contributed by atoms with Crippen molar-refractivity contribution in [2.24, 2.45) is 0 Å². The quantitative estimate of drug-likeness (QED) is 0.784. The highest BCUT2D eigenvalue weighted by molar-refractivity contribution is 7.99. The third-order valence-corrected chi connectivity index (χ3v) is 4.51. The molecule has 1 fully saturated rings. The third-order valence-electron chi connectivity index (χ3n) is 3.48. The van der Waals surface area contributed by atoms with Crippen molar-refractivity contribution in [3.8, 4) is 0 Å². The molecule has 0 radical (unpaired) electrons. The zero-order valence-corrected chi connectivity index (χ0v) is 12.4. The van der Waals surface area contributed by atoms with Gasteiger partial charge in [0.05, 0.1) is 19.3 Å². The van der Waals surface area contributed by atoms with Crippen molar-refractivity contribution in [3.63, 3.8) is 0 Å². The van der Waals surface area contributed by atoms with Crippen LogP contribution in [-0.2, 0) is 4.74 Å². The molecule has 1 saturated heterocycles. The Morgan fingerprint density at radius 1 is 1.30 bits per heavy atom. The molecule has 1 aromatic rings. The van der Waals surface area contributed by atoms with Crippen molar-refractivity contribution in [2.75, 3.05) is 38.6 Å². The Balaban J connectivity index is 1.63. The van der Waals surface area contributed by atoms with Gasteiger partial charge in [-0.2, -0.15) is 0 Å². The molecule has 0 spiro atoms. The number of hydrogen-bond donors (Lipinski definition) is 1.